The molecule has 1 aromatic heterocycles. The maximum absolute atomic E-state index is 12.8. The fourth-order valence-electron chi connectivity index (χ4n) is 3.10. The van der Waals surface area contributed by atoms with Crippen LogP contribution in [0.1, 0.15) is 31.4 Å². The first-order valence-electron chi connectivity index (χ1n) is 8.58. The van der Waals surface area contributed by atoms with Gasteiger partial charge in [-0.05, 0) is 65.5 Å². The smallest absolute Gasteiger partial charge is 0.252 e. The van der Waals surface area contributed by atoms with Crippen molar-refractivity contribution in [2.75, 3.05) is 13.1 Å². The maximum atomic E-state index is 12.8. The second kappa shape index (κ2) is 8.61. The van der Waals surface area contributed by atoms with Gasteiger partial charge in [0.2, 0.25) is 5.91 Å². The van der Waals surface area contributed by atoms with Gasteiger partial charge in [0.25, 0.3) is 10.0 Å². The summed E-state index contributed by atoms with van der Waals surface area (Å²) in [5.41, 5.74) is 0.955. The Bertz CT molecular complexity index is 915. The normalized spacial score (nSPS) is 19.6. The lowest BCUT2D eigenvalue weighted by molar-refractivity contribution is -0.126. The lowest BCUT2D eigenvalue weighted by Gasteiger charge is -2.31. The Morgan fingerprint density at radius 1 is 1.30 bits per heavy atom. The summed E-state index contributed by atoms with van der Waals surface area (Å²) in [6, 6.07) is 10.5. The Hall–Kier alpha value is -0.930. The second-order valence-corrected chi connectivity index (χ2v) is 11.6. The summed E-state index contributed by atoms with van der Waals surface area (Å²) in [6.07, 6.45) is 1.35. The van der Waals surface area contributed by atoms with E-state index in [-0.39, 0.29) is 24.4 Å². The summed E-state index contributed by atoms with van der Waals surface area (Å²) >= 11 is 10.4. The number of rotatable bonds is 5. The summed E-state index contributed by atoms with van der Waals surface area (Å²) in [6.45, 7) is 2.55. The minimum atomic E-state index is -3.57. The van der Waals surface area contributed by atoms with E-state index in [2.05, 4.69) is 21.2 Å². The molecule has 1 aliphatic rings. The first-order chi connectivity index (χ1) is 12.8. The van der Waals surface area contributed by atoms with Gasteiger partial charge in [-0.15, -0.1) is 11.3 Å². The van der Waals surface area contributed by atoms with Crippen molar-refractivity contribution < 1.29 is 13.2 Å². The van der Waals surface area contributed by atoms with Gasteiger partial charge in [-0.25, -0.2) is 8.42 Å². The van der Waals surface area contributed by atoms with Crippen molar-refractivity contribution in [3.05, 3.63) is 50.8 Å². The zero-order chi connectivity index (χ0) is 19.6. The van der Waals surface area contributed by atoms with Crippen LogP contribution in [-0.4, -0.2) is 31.7 Å². The van der Waals surface area contributed by atoms with E-state index in [1.807, 2.05) is 19.1 Å². The molecule has 0 saturated carbocycles. The topological polar surface area (TPSA) is 66.5 Å². The zero-order valence-electron chi connectivity index (χ0n) is 14.7. The van der Waals surface area contributed by atoms with Gasteiger partial charge in [0, 0.05) is 18.1 Å². The highest BCUT2D eigenvalue weighted by Gasteiger charge is 2.34. The molecule has 146 valence electrons. The van der Waals surface area contributed by atoms with Gasteiger partial charge in [0.05, 0.1) is 15.7 Å². The zero-order valence-corrected chi connectivity index (χ0v) is 18.7. The van der Waals surface area contributed by atoms with Crippen molar-refractivity contribution in [1.82, 2.24) is 9.62 Å². The van der Waals surface area contributed by atoms with E-state index in [9.17, 15) is 13.2 Å². The lowest BCUT2D eigenvalue weighted by Crippen LogP contribution is -2.45. The van der Waals surface area contributed by atoms with Gasteiger partial charge in [0.15, 0.2) is 0 Å². The molecule has 1 fully saturated rings. The van der Waals surface area contributed by atoms with Crippen LogP contribution in [0.5, 0.6) is 0 Å². The minimum absolute atomic E-state index is 0.121. The number of hydrogen-bond donors (Lipinski definition) is 1. The van der Waals surface area contributed by atoms with Crippen LogP contribution in [0.25, 0.3) is 0 Å². The number of hydrogen-bond acceptors (Lipinski definition) is 4. The molecule has 27 heavy (non-hydrogen) atoms. The lowest BCUT2D eigenvalue weighted by atomic mass is 9.98. The van der Waals surface area contributed by atoms with Crippen LogP contribution in [0.3, 0.4) is 0 Å². The van der Waals surface area contributed by atoms with Crippen molar-refractivity contribution in [2.24, 2.45) is 5.92 Å². The van der Waals surface area contributed by atoms with Crippen LogP contribution in [0.2, 0.25) is 5.02 Å². The van der Waals surface area contributed by atoms with Crippen molar-refractivity contribution in [3.8, 4) is 0 Å². The third-order valence-electron chi connectivity index (χ3n) is 4.63. The summed E-state index contributed by atoms with van der Waals surface area (Å²) in [4.78, 5) is 12.7. The molecule has 0 radical (unpaired) electrons. The fraction of sp³-hybridized carbons (Fsp3) is 0.389. The van der Waals surface area contributed by atoms with Crippen LogP contribution in [-0.2, 0) is 14.8 Å². The molecule has 2 unspecified atom stereocenters. The number of carbonyl (C=O) groups excluding carboxylic acids is 1. The van der Waals surface area contributed by atoms with Crippen molar-refractivity contribution in [3.63, 3.8) is 0 Å². The molecule has 1 aliphatic heterocycles. The molecule has 2 atom stereocenters. The molecule has 1 amide bonds. The average Bonchev–Trinajstić information content (AvgIpc) is 3.09. The fourth-order valence-corrected chi connectivity index (χ4v) is 6.92. The Morgan fingerprint density at radius 2 is 2.00 bits per heavy atom. The number of piperidine rings is 1. The van der Waals surface area contributed by atoms with Gasteiger partial charge in [-0.3, -0.25) is 4.79 Å². The Labute approximate surface area is 176 Å². The number of nitrogens with zero attached hydrogens (tertiary/aromatic N) is 1. The van der Waals surface area contributed by atoms with Crippen LogP contribution in [0, 0.1) is 5.92 Å². The van der Waals surface area contributed by atoms with Gasteiger partial charge in [-0.2, -0.15) is 4.31 Å². The molecule has 1 N–H and O–H groups in total. The van der Waals surface area contributed by atoms with Crippen LogP contribution < -0.4 is 5.32 Å². The van der Waals surface area contributed by atoms with Gasteiger partial charge in [0.1, 0.15) is 4.21 Å². The Morgan fingerprint density at radius 3 is 2.63 bits per heavy atom. The Kier molecular flexibility index (Phi) is 6.63. The highest BCUT2D eigenvalue weighted by Crippen LogP contribution is 2.31. The summed E-state index contributed by atoms with van der Waals surface area (Å²) < 4.78 is 28.1. The molecule has 2 aromatic rings. The van der Waals surface area contributed by atoms with Crippen molar-refractivity contribution in [1.29, 1.82) is 0 Å². The number of carbonyl (C=O) groups is 1. The predicted molar refractivity (Wildman–Crippen MR) is 112 cm³/mol. The van der Waals surface area contributed by atoms with E-state index in [1.165, 1.54) is 15.6 Å². The summed E-state index contributed by atoms with van der Waals surface area (Å²) in [7, 11) is -3.57. The van der Waals surface area contributed by atoms with E-state index in [0.29, 0.717) is 28.6 Å². The number of benzene rings is 1. The molecule has 2 heterocycles. The maximum Gasteiger partial charge on any atom is 0.252 e. The molecule has 0 spiro atoms. The van der Waals surface area contributed by atoms with Crippen molar-refractivity contribution >= 4 is 54.8 Å². The molecule has 9 heteroatoms. The molecule has 1 saturated heterocycles. The highest BCUT2D eigenvalue weighted by atomic mass is 79.9. The first kappa shape index (κ1) is 20.8. The first-order valence-corrected chi connectivity index (χ1v) is 12.0. The van der Waals surface area contributed by atoms with E-state index in [4.69, 9.17) is 11.6 Å². The van der Waals surface area contributed by atoms with Crippen LogP contribution in [0.15, 0.2) is 44.4 Å². The predicted octanol–water partition coefficient (Wildman–Crippen LogP) is 4.44. The molecule has 1 aromatic carbocycles. The third kappa shape index (κ3) is 4.92. The van der Waals surface area contributed by atoms with Gasteiger partial charge < -0.3 is 5.32 Å². The molecule has 3 rings (SSSR count). The third-order valence-corrected chi connectivity index (χ3v) is 8.83. The van der Waals surface area contributed by atoms with Gasteiger partial charge >= 0.3 is 0 Å². The molecule has 0 aliphatic carbocycles. The van der Waals surface area contributed by atoms with Gasteiger partial charge in [-0.1, -0.05) is 23.7 Å². The molecule has 5 nitrogen and oxygen atoms in total. The number of nitrogens with one attached hydrogen (secondary N) is 1. The highest BCUT2D eigenvalue weighted by molar-refractivity contribution is 9.11. The van der Waals surface area contributed by atoms with E-state index in [1.54, 1.807) is 24.3 Å². The average molecular weight is 492 g/mol. The largest absolute Gasteiger partial charge is 0.349 e. The van der Waals surface area contributed by atoms with Crippen molar-refractivity contribution in [2.45, 2.75) is 30.0 Å². The van der Waals surface area contributed by atoms with E-state index in [0.717, 1.165) is 9.35 Å². The molecule has 0 bridgehead atoms. The Balaban J connectivity index is 1.66. The van der Waals surface area contributed by atoms with E-state index < -0.39 is 10.0 Å². The number of thiophene rings is 1. The quantitative estimate of drug-likeness (QED) is 0.672. The summed E-state index contributed by atoms with van der Waals surface area (Å²) in [5, 5.41) is 3.64. The SMILES string of the molecule is CC(NC(=O)C1CCCN(S(=O)(=O)c2ccc(Br)s2)C1)c1ccc(Cl)cc1. The second-order valence-electron chi connectivity index (χ2n) is 6.54. The minimum Gasteiger partial charge on any atom is -0.349 e. The monoisotopic (exact) mass is 490 g/mol. The van der Waals surface area contributed by atoms with Crippen LogP contribution >= 0.6 is 38.9 Å². The molecular formula is C18H20BrClN2O3S2. The summed E-state index contributed by atoms with van der Waals surface area (Å²) in [5.74, 6) is -0.476. The standard InChI is InChI=1S/C18H20BrClN2O3S2/c1-12(13-4-6-15(20)7-5-13)21-18(23)14-3-2-10-22(11-14)27(24,25)17-9-8-16(19)26-17/h4-9,12,14H,2-3,10-11H2,1H3,(H,21,23). The molecular weight excluding hydrogens is 472 g/mol. The van der Waals surface area contributed by atoms with Crippen LogP contribution in [0.4, 0.5) is 0 Å². The van der Waals surface area contributed by atoms with E-state index >= 15 is 0 Å². The number of halogens is 2. The number of amides is 1. The number of sulfonamides is 1.